The van der Waals surface area contributed by atoms with Gasteiger partial charge in [-0.3, -0.25) is 0 Å². The Morgan fingerprint density at radius 3 is 2.69 bits per heavy atom. The summed E-state index contributed by atoms with van der Waals surface area (Å²) in [7, 11) is 3.51. The van der Waals surface area contributed by atoms with E-state index in [2.05, 4.69) is 24.8 Å². The zero-order valence-electron chi connectivity index (χ0n) is 7.60. The predicted octanol–water partition coefficient (Wildman–Crippen LogP) is 2.47. The second-order valence-corrected chi connectivity index (χ2v) is 15.3. The van der Waals surface area contributed by atoms with E-state index >= 15 is 0 Å². The van der Waals surface area contributed by atoms with Gasteiger partial charge in [0.1, 0.15) is 0 Å². The Morgan fingerprint density at radius 1 is 1.54 bits per heavy atom. The average Bonchev–Trinajstić information content (AvgIpc) is 2.08. The number of hydrogen-bond acceptors (Lipinski definition) is 2. The summed E-state index contributed by atoms with van der Waals surface area (Å²) < 4.78 is 22.8. The monoisotopic (exact) mass is 276 g/mol. The van der Waals surface area contributed by atoms with Gasteiger partial charge in [0.05, 0.1) is 11.5 Å². The van der Waals surface area contributed by atoms with Gasteiger partial charge < -0.3 is 0 Å². The summed E-state index contributed by atoms with van der Waals surface area (Å²) in [4.78, 5) is 0. The van der Waals surface area contributed by atoms with Gasteiger partial charge >= 0.3 is 0 Å². The fraction of sp³-hybridized carbons (Fsp3) is 1.00. The lowest BCUT2D eigenvalue weighted by molar-refractivity contribution is 0.509. The van der Waals surface area contributed by atoms with Crippen molar-refractivity contribution < 1.29 is 8.42 Å². The van der Waals surface area contributed by atoms with Crippen LogP contribution in [0.5, 0.6) is 0 Å². The molecule has 1 aliphatic rings. The van der Waals surface area contributed by atoms with Gasteiger partial charge in [-0.05, 0) is 12.3 Å². The van der Waals surface area contributed by atoms with E-state index in [1.165, 1.54) is 0 Å². The van der Waals surface area contributed by atoms with E-state index in [-0.39, 0.29) is 7.30 Å². The second kappa shape index (κ2) is 5.14. The Bertz CT molecular complexity index is 262. The van der Waals surface area contributed by atoms with E-state index in [0.717, 1.165) is 14.4 Å². The molecule has 2 nitrogen and oxygen atoms in total. The normalized spacial score (nSPS) is 36.5. The van der Waals surface area contributed by atoms with E-state index in [9.17, 15) is 8.42 Å². The van der Waals surface area contributed by atoms with Crippen LogP contribution in [0.3, 0.4) is 0 Å². The zero-order valence-corrected chi connectivity index (χ0v) is 12.6. The third kappa shape index (κ3) is 3.62. The highest BCUT2D eigenvalue weighted by Crippen LogP contribution is 2.70. The van der Waals surface area contributed by atoms with Crippen molar-refractivity contribution in [3.63, 3.8) is 0 Å². The van der Waals surface area contributed by atoms with Crippen LogP contribution in [0.15, 0.2) is 0 Å². The van der Waals surface area contributed by atoms with Gasteiger partial charge in [0.25, 0.3) is 0 Å². The average molecular weight is 276 g/mol. The summed E-state index contributed by atoms with van der Waals surface area (Å²) in [6, 6.07) is 0. The standard InChI is InChI=1S/C6H16O2P4S/c1-5-2-3-13(7,8)4-6(5)12(10)11-9/h5-6,11H,2-4,9-10H2,1H3. The van der Waals surface area contributed by atoms with Crippen LogP contribution in [0.4, 0.5) is 0 Å². The van der Waals surface area contributed by atoms with Gasteiger partial charge in [-0.15, -0.1) is 17.9 Å². The van der Waals surface area contributed by atoms with Gasteiger partial charge in [-0.1, -0.05) is 22.2 Å². The smallest absolute Gasteiger partial charge is 0.150 e. The first-order valence-electron chi connectivity index (χ1n) is 4.17. The highest BCUT2D eigenvalue weighted by molar-refractivity contribution is 8.61. The van der Waals surface area contributed by atoms with Gasteiger partial charge in [-0.25, -0.2) is 8.42 Å². The van der Waals surface area contributed by atoms with E-state index in [0.29, 0.717) is 23.1 Å². The fourth-order valence-electron chi connectivity index (χ4n) is 1.52. The van der Waals surface area contributed by atoms with Crippen LogP contribution < -0.4 is 0 Å². The first kappa shape index (κ1) is 12.7. The lowest BCUT2D eigenvalue weighted by Gasteiger charge is -2.32. The van der Waals surface area contributed by atoms with Crippen LogP contribution in [-0.2, 0) is 9.84 Å². The Hall–Kier alpha value is 1.67. The summed E-state index contributed by atoms with van der Waals surface area (Å²) in [5.41, 5.74) is 0.412. The third-order valence-corrected chi connectivity index (χ3v) is 15.9. The largest absolute Gasteiger partial charge is 0.229 e. The predicted molar refractivity (Wildman–Crippen MR) is 70.9 cm³/mol. The molecule has 1 aliphatic heterocycles. The molecule has 0 spiro atoms. The maximum atomic E-state index is 11.4. The topological polar surface area (TPSA) is 34.1 Å². The highest BCUT2D eigenvalue weighted by atomic mass is 32.6. The van der Waals surface area contributed by atoms with E-state index < -0.39 is 9.84 Å². The summed E-state index contributed by atoms with van der Waals surface area (Å²) >= 11 is 0. The van der Waals surface area contributed by atoms with Crippen molar-refractivity contribution in [2.45, 2.75) is 19.0 Å². The summed E-state index contributed by atoms with van der Waals surface area (Å²) in [6.07, 6.45) is 0.857. The molecule has 0 saturated carbocycles. The van der Waals surface area contributed by atoms with Crippen LogP contribution in [0, 0.1) is 5.92 Å². The van der Waals surface area contributed by atoms with Gasteiger partial charge in [0, 0.05) is 5.66 Å². The van der Waals surface area contributed by atoms with Crippen molar-refractivity contribution in [1.82, 2.24) is 0 Å². The Labute approximate surface area is 87.9 Å². The second-order valence-electron chi connectivity index (χ2n) is 3.48. The molecule has 0 N–H and O–H groups in total. The maximum absolute atomic E-state index is 11.4. The van der Waals surface area contributed by atoms with Crippen LogP contribution in [-0.4, -0.2) is 25.6 Å². The van der Waals surface area contributed by atoms with Crippen molar-refractivity contribution in [2.24, 2.45) is 5.92 Å². The van der Waals surface area contributed by atoms with Gasteiger partial charge in [0.2, 0.25) is 0 Å². The summed E-state index contributed by atoms with van der Waals surface area (Å²) in [5, 5.41) is 0. The lowest BCUT2D eigenvalue weighted by Crippen LogP contribution is -2.33. The minimum Gasteiger partial charge on any atom is -0.229 e. The van der Waals surface area contributed by atoms with Crippen LogP contribution >= 0.6 is 33.1 Å². The molecule has 1 rings (SSSR count). The van der Waals surface area contributed by atoms with Crippen molar-refractivity contribution in [2.75, 3.05) is 11.5 Å². The minimum absolute atomic E-state index is 0.166. The first-order valence-corrected chi connectivity index (χ1v) is 12.7. The third-order valence-electron chi connectivity index (χ3n) is 2.47. The van der Waals surface area contributed by atoms with Crippen molar-refractivity contribution in [3.05, 3.63) is 0 Å². The molecule has 1 saturated heterocycles. The van der Waals surface area contributed by atoms with Crippen LogP contribution in [0.1, 0.15) is 13.3 Å². The van der Waals surface area contributed by atoms with Crippen LogP contribution in [0.2, 0.25) is 0 Å². The minimum atomic E-state index is -2.72. The van der Waals surface area contributed by atoms with Gasteiger partial charge in [-0.2, -0.15) is 0 Å². The lowest BCUT2D eigenvalue weighted by atomic mass is 10.1. The van der Waals surface area contributed by atoms with E-state index in [1.807, 2.05) is 0 Å². The molecule has 6 atom stereocenters. The molecule has 0 radical (unpaired) electrons. The molecule has 0 bridgehead atoms. The van der Waals surface area contributed by atoms with Crippen molar-refractivity contribution >= 4 is 43.0 Å². The molecule has 0 aromatic heterocycles. The molecule has 0 amide bonds. The molecule has 7 heteroatoms. The highest BCUT2D eigenvalue weighted by Gasteiger charge is 2.33. The fourth-order valence-corrected chi connectivity index (χ4v) is 10.9. The quantitative estimate of drug-likeness (QED) is 0.726. The molecule has 0 aliphatic carbocycles. The summed E-state index contributed by atoms with van der Waals surface area (Å²) in [6.45, 7) is 2.18. The number of sulfone groups is 1. The maximum Gasteiger partial charge on any atom is 0.150 e. The number of hydrogen-bond donors (Lipinski definition) is 0. The molecule has 6 unspecified atom stereocenters. The Kier molecular flexibility index (Phi) is 5.03. The molecule has 0 aromatic carbocycles. The molecular weight excluding hydrogens is 260 g/mol. The molecule has 0 aromatic rings. The van der Waals surface area contributed by atoms with Gasteiger partial charge in [0.15, 0.2) is 9.84 Å². The molecule has 1 heterocycles. The van der Waals surface area contributed by atoms with Crippen molar-refractivity contribution in [3.8, 4) is 0 Å². The molecule has 1 fully saturated rings. The van der Waals surface area contributed by atoms with Crippen molar-refractivity contribution in [1.29, 1.82) is 0 Å². The SMILES string of the molecule is CC1CCS(=O)(=O)CC1P(P)PP. The van der Waals surface area contributed by atoms with E-state index in [1.54, 1.807) is 0 Å². The molecule has 13 heavy (non-hydrogen) atoms. The zero-order chi connectivity index (χ0) is 10.1. The van der Waals surface area contributed by atoms with Crippen LogP contribution in [0.25, 0.3) is 0 Å². The molecule has 78 valence electrons. The first-order chi connectivity index (χ1) is 5.96. The summed E-state index contributed by atoms with van der Waals surface area (Å²) in [5.74, 6) is 1.41. The molecular formula is C6H16O2P4S. The Balaban J connectivity index is 2.71. The Morgan fingerprint density at radius 2 is 2.15 bits per heavy atom. The van der Waals surface area contributed by atoms with E-state index in [4.69, 9.17) is 0 Å². The number of rotatable bonds is 2.